The molecule has 4 unspecified atom stereocenters. The highest BCUT2D eigenvalue weighted by Crippen LogP contribution is 2.37. The molecule has 1 N–H and O–H groups in total. The van der Waals surface area contributed by atoms with Gasteiger partial charge in [0.05, 0.1) is 6.17 Å². The van der Waals surface area contributed by atoms with E-state index < -0.39 is 0 Å². The second-order valence-electron chi connectivity index (χ2n) is 9.20. The Bertz CT molecular complexity index is 337. The van der Waals surface area contributed by atoms with Gasteiger partial charge in [0, 0.05) is 6.04 Å². The van der Waals surface area contributed by atoms with Crippen LogP contribution in [0.1, 0.15) is 91.4 Å². The molecular formula is C22H44N2. The number of hydrogen-bond donors (Lipinski definition) is 1. The lowest BCUT2D eigenvalue weighted by atomic mass is 9.74. The Morgan fingerprint density at radius 1 is 1.00 bits per heavy atom. The third kappa shape index (κ3) is 5.73. The summed E-state index contributed by atoms with van der Waals surface area (Å²) in [6.07, 6.45) is 16.3. The quantitative estimate of drug-likeness (QED) is 0.431. The van der Waals surface area contributed by atoms with E-state index in [0.717, 1.165) is 29.7 Å². The molecule has 2 nitrogen and oxygen atoms in total. The number of unbranched alkanes of at least 4 members (excludes halogenated alkanes) is 1. The fourth-order valence-corrected chi connectivity index (χ4v) is 5.39. The highest BCUT2D eigenvalue weighted by molar-refractivity contribution is 4.85. The summed E-state index contributed by atoms with van der Waals surface area (Å²) in [7, 11) is 4.55. The Kier molecular flexibility index (Phi) is 8.57. The van der Waals surface area contributed by atoms with Gasteiger partial charge in [0.1, 0.15) is 0 Å². The van der Waals surface area contributed by atoms with Gasteiger partial charge in [-0.3, -0.25) is 4.90 Å². The van der Waals surface area contributed by atoms with E-state index in [9.17, 15) is 0 Å². The van der Waals surface area contributed by atoms with Crippen molar-refractivity contribution in [2.24, 2.45) is 23.7 Å². The van der Waals surface area contributed by atoms with E-state index in [0.29, 0.717) is 6.17 Å². The van der Waals surface area contributed by atoms with Crippen molar-refractivity contribution < 1.29 is 0 Å². The number of nitrogens with zero attached hydrogens (tertiary/aromatic N) is 1. The van der Waals surface area contributed by atoms with Crippen LogP contribution in [-0.4, -0.2) is 31.2 Å². The molecule has 0 bridgehead atoms. The highest BCUT2D eigenvalue weighted by Gasteiger charge is 2.31. The van der Waals surface area contributed by atoms with Crippen molar-refractivity contribution in [2.75, 3.05) is 14.1 Å². The average Bonchev–Trinajstić information content (AvgIpc) is 2.73. The molecule has 0 saturated heterocycles. The minimum Gasteiger partial charge on any atom is -0.305 e. The first-order chi connectivity index (χ1) is 11.5. The molecule has 2 rings (SSSR count). The van der Waals surface area contributed by atoms with Crippen molar-refractivity contribution >= 4 is 0 Å². The molecule has 2 heteroatoms. The Balaban J connectivity index is 1.82. The van der Waals surface area contributed by atoms with E-state index in [2.05, 4.69) is 45.1 Å². The van der Waals surface area contributed by atoms with Crippen LogP contribution in [0, 0.1) is 23.7 Å². The maximum absolute atomic E-state index is 3.63. The number of nitrogens with one attached hydrogen (secondary N) is 1. The van der Waals surface area contributed by atoms with Gasteiger partial charge in [0.15, 0.2) is 0 Å². The molecule has 2 saturated carbocycles. The van der Waals surface area contributed by atoms with Gasteiger partial charge in [0.25, 0.3) is 0 Å². The maximum atomic E-state index is 3.63. The zero-order chi connectivity index (χ0) is 17.5. The van der Waals surface area contributed by atoms with Gasteiger partial charge in [0.2, 0.25) is 0 Å². The average molecular weight is 337 g/mol. The molecular weight excluding hydrogens is 292 g/mol. The first kappa shape index (κ1) is 20.2. The molecule has 0 heterocycles. The van der Waals surface area contributed by atoms with E-state index in [1.807, 2.05) is 0 Å². The largest absolute Gasteiger partial charge is 0.305 e. The van der Waals surface area contributed by atoms with E-state index in [1.54, 1.807) is 0 Å². The van der Waals surface area contributed by atoms with Crippen molar-refractivity contribution in [3.8, 4) is 0 Å². The van der Waals surface area contributed by atoms with Gasteiger partial charge in [-0.2, -0.15) is 0 Å². The lowest BCUT2D eigenvalue weighted by Gasteiger charge is -2.39. The smallest absolute Gasteiger partial charge is 0.0594 e. The van der Waals surface area contributed by atoms with Crippen LogP contribution >= 0.6 is 0 Å². The monoisotopic (exact) mass is 336 g/mol. The number of hydrogen-bond acceptors (Lipinski definition) is 2. The second-order valence-corrected chi connectivity index (χ2v) is 9.20. The molecule has 0 aromatic rings. The summed E-state index contributed by atoms with van der Waals surface area (Å²) in [6, 6.07) is 0.773. The number of rotatable bonds is 9. The standard InChI is InChI=1S/C22H44N2/c1-6-7-8-19-10-9-18(3)21(13-11-19)24(5)22(23-4)14-12-20-15-17(2)16-20/h17-23H,6-16H2,1-5H3. The predicted octanol–water partition coefficient (Wildman–Crippen LogP) is 5.68. The minimum atomic E-state index is 0.570. The van der Waals surface area contributed by atoms with Gasteiger partial charge in [-0.1, -0.05) is 46.5 Å². The molecule has 0 radical (unpaired) electrons. The van der Waals surface area contributed by atoms with Crippen LogP contribution in [0.15, 0.2) is 0 Å². The molecule has 0 amide bonds. The summed E-state index contributed by atoms with van der Waals surface area (Å²) in [4.78, 5) is 2.70. The Morgan fingerprint density at radius 2 is 1.71 bits per heavy atom. The van der Waals surface area contributed by atoms with E-state index in [4.69, 9.17) is 0 Å². The van der Waals surface area contributed by atoms with Crippen LogP contribution in [0.3, 0.4) is 0 Å². The van der Waals surface area contributed by atoms with Gasteiger partial charge >= 0.3 is 0 Å². The van der Waals surface area contributed by atoms with Gasteiger partial charge in [-0.15, -0.1) is 0 Å². The summed E-state index contributed by atoms with van der Waals surface area (Å²) in [5, 5.41) is 3.63. The summed E-state index contributed by atoms with van der Waals surface area (Å²) < 4.78 is 0. The van der Waals surface area contributed by atoms with Gasteiger partial charge < -0.3 is 5.32 Å². The Labute approximate surface area is 152 Å². The second kappa shape index (κ2) is 10.2. The Morgan fingerprint density at radius 3 is 2.33 bits per heavy atom. The van der Waals surface area contributed by atoms with E-state index >= 15 is 0 Å². The van der Waals surface area contributed by atoms with E-state index in [1.165, 1.54) is 70.6 Å². The lowest BCUT2D eigenvalue weighted by molar-refractivity contribution is 0.0867. The summed E-state index contributed by atoms with van der Waals surface area (Å²) in [6.45, 7) is 7.24. The van der Waals surface area contributed by atoms with Crippen LogP contribution in [0.4, 0.5) is 0 Å². The first-order valence-electron chi connectivity index (χ1n) is 10.9. The van der Waals surface area contributed by atoms with Crippen LogP contribution < -0.4 is 5.32 Å². The molecule has 0 aromatic heterocycles. The molecule has 142 valence electrons. The predicted molar refractivity (Wildman–Crippen MR) is 106 cm³/mol. The van der Waals surface area contributed by atoms with Crippen LogP contribution in [0.5, 0.6) is 0 Å². The molecule has 0 aliphatic heterocycles. The summed E-state index contributed by atoms with van der Waals surface area (Å²) in [5.74, 6) is 3.84. The topological polar surface area (TPSA) is 15.3 Å². The highest BCUT2D eigenvalue weighted by atomic mass is 15.3. The first-order valence-corrected chi connectivity index (χ1v) is 10.9. The fourth-order valence-electron chi connectivity index (χ4n) is 5.39. The minimum absolute atomic E-state index is 0.570. The maximum Gasteiger partial charge on any atom is 0.0594 e. The third-order valence-electron chi connectivity index (χ3n) is 7.19. The fraction of sp³-hybridized carbons (Fsp3) is 1.00. The van der Waals surface area contributed by atoms with Crippen molar-refractivity contribution in [1.29, 1.82) is 0 Å². The molecule has 0 aromatic carbocycles. The Hall–Kier alpha value is -0.0800. The van der Waals surface area contributed by atoms with Crippen molar-refractivity contribution in [3.05, 3.63) is 0 Å². The molecule has 24 heavy (non-hydrogen) atoms. The lowest BCUT2D eigenvalue weighted by Crippen LogP contribution is -2.49. The van der Waals surface area contributed by atoms with Crippen molar-refractivity contribution in [1.82, 2.24) is 10.2 Å². The van der Waals surface area contributed by atoms with E-state index in [-0.39, 0.29) is 0 Å². The molecule has 2 fully saturated rings. The zero-order valence-electron chi connectivity index (χ0n) is 17.2. The van der Waals surface area contributed by atoms with Crippen molar-refractivity contribution in [2.45, 2.75) is 104 Å². The van der Waals surface area contributed by atoms with Crippen LogP contribution in [-0.2, 0) is 0 Å². The SMILES string of the molecule is CCCCC1CCC(C)C(N(C)C(CCC2CC(C)C2)NC)CC1. The molecule has 0 spiro atoms. The molecule has 2 aliphatic carbocycles. The van der Waals surface area contributed by atoms with Crippen LogP contribution in [0.2, 0.25) is 0 Å². The normalized spacial score (nSPS) is 35.5. The van der Waals surface area contributed by atoms with Crippen LogP contribution in [0.25, 0.3) is 0 Å². The molecule has 2 aliphatic rings. The van der Waals surface area contributed by atoms with Gasteiger partial charge in [-0.25, -0.2) is 0 Å². The summed E-state index contributed by atoms with van der Waals surface area (Å²) >= 11 is 0. The summed E-state index contributed by atoms with van der Waals surface area (Å²) in [5.41, 5.74) is 0. The van der Waals surface area contributed by atoms with Gasteiger partial charge in [-0.05, 0) is 82.7 Å². The van der Waals surface area contributed by atoms with Crippen molar-refractivity contribution in [3.63, 3.8) is 0 Å². The third-order valence-corrected chi connectivity index (χ3v) is 7.19. The molecule has 4 atom stereocenters. The zero-order valence-corrected chi connectivity index (χ0v) is 17.2.